The van der Waals surface area contributed by atoms with Gasteiger partial charge >= 0.3 is 18.1 Å². The zero-order chi connectivity index (χ0) is 22.1. The van der Waals surface area contributed by atoms with Crippen molar-refractivity contribution < 1.29 is 32.2 Å². The number of hydrogen-bond acceptors (Lipinski definition) is 5. The van der Waals surface area contributed by atoms with E-state index in [0.717, 1.165) is 22.8 Å². The van der Waals surface area contributed by atoms with Gasteiger partial charge in [0.2, 0.25) is 0 Å². The predicted molar refractivity (Wildman–Crippen MR) is 101 cm³/mol. The maximum absolute atomic E-state index is 13.0. The van der Waals surface area contributed by atoms with Gasteiger partial charge in [-0.05, 0) is 45.9 Å². The smallest absolute Gasteiger partial charge is 0.417 e. The van der Waals surface area contributed by atoms with Crippen molar-refractivity contribution in [3.8, 4) is 5.69 Å². The van der Waals surface area contributed by atoms with E-state index in [1.54, 1.807) is 27.7 Å². The Morgan fingerprint density at radius 3 is 2.28 bits per heavy atom. The number of nitrogens with zero attached hydrogens (tertiary/aromatic N) is 1. The van der Waals surface area contributed by atoms with Crippen LogP contribution in [0.25, 0.3) is 5.69 Å². The molecule has 2 rings (SSSR count). The minimum Gasteiger partial charge on any atom is -0.462 e. The van der Waals surface area contributed by atoms with Crippen LogP contribution in [-0.4, -0.2) is 28.7 Å². The molecule has 2 N–H and O–H groups in total. The number of carbonyl (C=O) groups is 2. The van der Waals surface area contributed by atoms with Crippen LogP contribution in [0, 0.1) is 0 Å². The lowest BCUT2D eigenvalue weighted by molar-refractivity contribution is -0.137. The number of ether oxygens (including phenoxy) is 2. The largest absolute Gasteiger partial charge is 0.462 e. The lowest BCUT2D eigenvalue weighted by Crippen LogP contribution is -2.26. The van der Waals surface area contributed by atoms with Gasteiger partial charge in [0.25, 0.3) is 0 Å². The molecule has 0 amide bonds. The van der Waals surface area contributed by atoms with Crippen LogP contribution in [0.5, 0.6) is 0 Å². The number of aromatic nitrogens is 1. The second-order valence-electron chi connectivity index (χ2n) is 7.06. The van der Waals surface area contributed by atoms with Crippen molar-refractivity contribution in [3.05, 3.63) is 46.2 Å². The van der Waals surface area contributed by atoms with Gasteiger partial charge in [-0.25, -0.2) is 9.59 Å². The highest BCUT2D eigenvalue weighted by Crippen LogP contribution is 2.36. The minimum atomic E-state index is -4.64. The summed E-state index contributed by atoms with van der Waals surface area (Å²) in [6, 6.07) is 2.90. The summed E-state index contributed by atoms with van der Waals surface area (Å²) in [5, 5.41) is -0.574. The van der Waals surface area contributed by atoms with Gasteiger partial charge in [0.1, 0.15) is 11.2 Å². The van der Waals surface area contributed by atoms with Gasteiger partial charge < -0.3 is 19.8 Å². The Morgan fingerprint density at radius 2 is 1.79 bits per heavy atom. The Labute approximate surface area is 170 Å². The van der Waals surface area contributed by atoms with Gasteiger partial charge in [-0.1, -0.05) is 11.6 Å². The highest BCUT2D eigenvalue weighted by atomic mass is 35.5. The summed E-state index contributed by atoms with van der Waals surface area (Å²) in [6.45, 7) is 6.56. The average molecular weight is 433 g/mol. The zero-order valence-corrected chi connectivity index (χ0v) is 16.9. The Morgan fingerprint density at radius 1 is 1.17 bits per heavy atom. The molecule has 0 aliphatic carbocycles. The molecule has 0 unspecified atom stereocenters. The molecule has 0 aliphatic heterocycles. The molecule has 6 nitrogen and oxygen atoms in total. The van der Waals surface area contributed by atoms with E-state index >= 15 is 0 Å². The molecule has 0 saturated heterocycles. The zero-order valence-electron chi connectivity index (χ0n) is 16.2. The van der Waals surface area contributed by atoms with Crippen molar-refractivity contribution in [2.75, 3.05) is 12.3 Å². The van der Waals surface area contributed by atoms with Crippen LogP contribution in [0.3, 0.4) is 0 Å². The lowest BCUT2D eigenvalue weighted by atomic mass is 10.2. The van der Waals surface area contributed by atoms with Crippen molar-refractivity contribution in [1.82, 2.24) is 4.57 Å². The predicted octanol–water partition coefficient (Wildman–Crippen LogP) is 4.86. The molecular weight excluding hydrogens is 413 g/mol. The maximum Gasteiger partial charge on any atom is 0.417 e. The molecule has 1 aromatic carbocycles. The second kappa shape index (κ2) is 7.98. The van der Waals surface area contributed by atoms with Crippen LogP contribution in [0.4, 0.5) is 18.9 Å². The average Bonchev–Trinajstić information content (AvgIpc) is 2.89. The van der Waals surface area contributed by atoms with E-state index in [1.165, 1.54) is 6.20 Å². The topological polar surface area (TPSA) is 83.5 Å². The number of alkyl halides is 3. The summed E-state index contributed by atoms with van der Waals surface area (Å²) in [5.41, 5.74) is 3.61. The molecule has 2 aromatic rings. The minimum absolute atomic E-state index is 0.0668. The van der Waals surface area contributed by atoms with E-state index in [0.29, 0.717) is 0 Å². The molecule has 10 heteroatoms. The molecule has 1 aromatic heterocycles. The Balaban J connectivity index is 2.66. The number of anilines is 1. The lowest BCUT2D eigenvalue weighted by Gasteiger charge is -2.20. The number of nitrogen functional groups attached to an aromatic ring is 1. The number of hydrogen-bond donors (Lipinski definition) is 1. The van der Waals surface area contributed by atoms with Gasteiger partial charge in [-0.2, -0.15) is 13.2 Å². The van der Waals surface area contributed by atoms with Gasteiger partial charge in [-0.3, -0.25) is 0 Å². The van der Waals surface area contributed by atoms with Gasteiger partial charge in [0.15, 0.2) is 5.69 Å². The number of nitrogens with two attached hydrogens (primary N) is 1. The molecule has 0 bridgehead atoms. The van der Waals surface area contributed by atoms with Gasteiger partial charge in [-0.15, -0.1) is 0 Å². The Kier molecular flexibility index (Phi) is 6.22. The summed E-state index contributed by atoms with van der Waals surface area (Å²) in [7, 11) is 0. The van der Waals surface area contributed by atoms with Crippen LogP contribution < -0.4 is 5.73 Å². The molecule has 0 radical (unpaired) electrons. The summed E-state index contributed by atoms with van der Waals surface area (Å²) < 4.78 is 50.4. The monoisotopic (exact) mass is 432 g/mol. The van der Waals surface area contributed by atoms with Crippen molar-refractivity contribution in [2.45, 2.75) is 39.5 Å². The maximum atomic E-state index is 13.0. The first-order valence-electron chi connectivity index (χ1n) is 8.54. The van der Waals surface area contributed by atoms with Crippen molar-refractivity contribution in [2.24, 2.45) is 0 Å². The van der Waals surface area contributed by atoms with E-state index in [4.69, 9.17) is 26.8 Å². The van der Waals surface area contributed by atoms with E-state index < -0.39 is 34.3 Å². The van der Waals surface area contributed by atoms with Crippen LogP contribution in [-0.2, 0) is 15.7 Å². The SMILES string of the molecule is CCOC(=O)c1cn(-c2ccc(C(F)(F)F)c(Cl)c2)c(C(=O)OC(C)(C)C)c1N. The number of benzene rings is 1. The number of halogens is 4. The van der Waals surface area contributed by atoms with E-state index in [2.05, 4.69) is 0 Å². The first-order valence-corrected chi connectivity index (χ1v) is 8.92. The van der Waals surface area contributed by atoms with Crippen LogP contribution in [0.15, 0.2) is 24.4 Å². The molecular formula is C19H20ClF3N2O4. The molecule has 0 saturated carbocycles. The van der Waals surface area contributed by atoms with Gasteiger partial charge in [0.05, 0.1) is 22.9 Å². The molecule has 0 aliphatic rings. The first kappa shape index (κ1) is 22.6. The van der Waals surface area contributed by atoms with Crippen molar-refractivity contribution >= 4 is 29.2 Å². The van der Waals surface area contributed by atoms with Crippen LogP contribution in [0.2, 0.25) is 5.02 Å². The third kappa shape index (κ3) is 5.03. The van der Waals surface area contributed by atoms with Gasteiger partial charge in [0, 0.05) is 11.9 Å². The quantitative estimate of drug-likeness (QED) is 0.697. The second-order valence-corrected chi connectivity index (χ2v) is 7.47. The number of carbonyl (C=O) groups excluding carboxylic acids is 2. The summed E-state index contributed by atoms with van der Waals surface area (Å²) >= 11 is 5.79. The molecule has 0 fully saturated rings. The summed E-state index contributed by atoms with van der Waals surface area (Å²) in [5.74, 6) is -1.65. The Hall–Kier alpha value is -2.68. The highest BCUT2D eigenvalue weighted by molar-refractivity contribution is 6.31. The third-order valence-electron chi connectivity index (χ3n) is 3.67. The Bertz CT molecular complexity index is 946. The van der Waals surface area contributed by atoms with Crippen LogP contribution in [0.1, 0.15) is 54.1 Å². The van der Waals surface area contributed by atoms with E-state index in [1.807, 2.05) is 0 Å². The molecule has 1 heterocycles. The molecule has 0 atom stereocenters. The van der Waals surface area contributed by atoms with E-state index in [9.17, 15) is 22.8 Å². The standard InChI is InChI=1S/C19H20ClF3N2O4/c1-5-28-16(26)11-9-25(15(14(11)24)17(27)29-18(2,3)4)10-6-7-12(13(20)8-10)19(21,22)23/h6-9H,5,24H2,1-4H3. The fourth-order valence-electron chi connectivity index (χ4n) is 2.51. The molecule has 29 heavy (non-hydrogen) atoms. The fourth-order valence-corrected chi connectivity index (χ4v) is 2.80. The molecule has 0 spiro atoms. The van der Waals surface area contributed by atoms with Crippen molar-refractivity contribution in [3.63, 3.8) is 0 Å². The number of esters is 2. The normalized spacial score (nSPS) is 12.0. The summed E-state index contributed by atoms with van der Waals surface area (Å²) in [6.07, 6.45) is -3.44. The van der Waals surface area contributed by atoms with Crippen LogP contribution >= 0.6 is 11.6 Å². The van der Waals surface area contributed by atoms with E-state index in [-0.39, 0.29) is 29.2 Å². The third-order valence-corrected chi connectivity index (χ3v) is 3.98. The fraction of sp³-hybridized carbons (Fsp3) is 0.368. The molecule has 158 valence electrons. The van der Waals surface area contributed by atoms with Crippen molar-refractivity contribution in [1.29, 1.82) is 0 Å². The first-order chi connectivity index (χ1) is 13.3. The highest BCUT2D eigenvalue weighted by Gasteiger charge is 2.34. The summed E-state index contributed by atoms with van der Waals surface area (Å²) in [4.78, 5) is 24.9. The number of rotatable bonds is 4.